The summed E-state index contributed by atoms with van der Waals surface area (Å²) in [5, 5.41) is 4.62. The quantitative estimate of drug-likeness (QED) is 0.677. The van der Waals surface area contributed by atoms with Crippen LogP contribution in [0.25, 0.3) is 11.3 Å². The zero-order valence-electron chi connectivity index (χ0n) is 16.6. The summed E-state index contributed by atoms with van der Waals surface area (Å²) in [6.45, 7) is 6.20. The van der Waals surface area contributed by atoms with E-state index in [1.165, 1.54) is 16.8 Å². The Kier molecular flexibility index (Phi) is 5.50. The highest BCUT2D eigenvalue weighted by Gasteiger charge is 2.19. The standard InChI is InChI=1S/C22H26N4OS/c1-17-4-6-18(7-5-17)21-16-28-22(23-19-8-10-20(27-3)11-9-19)26(21)25-14-12-24(2)13-15-25/h4-11,16H,12-15H2,1-3H3. The van der Waals surface area contributed by atoms with Gasteiger partial charge in [-0.25, -0.2) is 9.67 Å². The van der Waals surface area contributed by atoms with E-state index in [4.69, 9.17) is 9.73 Å². The van der Waals surface area contributed by atoms with Gasteiger partial charge in [-0.15, -0.1) is 11.3 Å². The highest BCUT2D eigenvalue weighted by molar-refractivity contribution is 7.07. The molecule has 1 fully saturated rings. The van der Waals surface area contributed by atoms with Crippen molar-refractivity contribution < 1.29 is 4.74 Å². The lowest BCUT2D eigenvalue weighted by molar-refractivity contribution is 0.287. The topological polar surface area (TPSA) is 33.0 Å². The van der Waals surface area contributed by atoms with Crippen molar-refractivity contribution in [1.29, 1.82) is 0 Å². The molecule has 0 saturated carbocycles. The minimum absolute atomic E-state index is 0.845. The van der Waals surface area contributed by atoms with Crippen molar-refractivity contribution in [1.82, 2.24) is 9.58 Å². The van der Waals surface area contributed by atoms with E-state index < -0.39 is 0 Å². The highest BCUT2D eigenvalue weighted by atomic mass is 32.1. The van der Waals surface area contributed by atoms with Crippen LogP contribution in [0.4, 0.5) is 5.69 Å². The van der Waals surface area contributed by atoms with E-state index in [1.807, 2.05) is 24.3 Å². The average molecular weight is 395 g/mol. The highest BCUT2D eigenvalue weighted by Crippen LogP contribution is 2.23. The van der Waals surface area contributed by atoms with Crippen molar-refractivity contribution in [2.75, 3.05) is 45.3 Å². The molecule has 6 heteroatoms. The van der Waals surface area contributed by atoms with Crippen molar-refractivity contribution in [2.24, 2.45) is 4.99 Å². The average Bonchev–Trinajstić information content (AvgIpc) is 3.13. The van der Waals surface area contributed by atoms with E-state index in [0.29, 0.717) is 0 Å². The Morgan fingerprint density at radius 1 is 0.929 bits per heavy atom. The molecule has 1 aliphatic heterocycles. The first kappa shape index (κ1) is 18.8. The van der Waals surface area contributed by atoms with E-state index in [1.54, 1.807) is 18.4 Å². The number of likely N-dealkylation sites (N-methyl/N-ethyl adjacent to an activating group) is 1. The molecule has 0 aliphatic carbocycles. The number of aryl methyl sites for hydroxylation is 1. The van der Waals surface area contributed by atoms with Crippen molar-refractivity contribution in [3.63, 3.8) is 0 Å². The van der Waals surface area contributed by atoms with Crippen LogP contribution in [0.3, 0.4) is 0 Å². The van der Waals surface area contributed by atoms with E-state index in [2.05, 4.69) is 58.2 Å². The Bertz CT molecular complexity index is 981. The van der Waals surface area contributed by atoms with Crippen LogP contribution < -0.4 is 14.5 Å². The maximum atomic E-state index is 5.26. The fourth-order valence-electron chi connectivity index (χ4n) is 3.34. The van der Waals surface area contributed by atoms with Gasteiger partial charge in [0, 0.05) is 37.1 Å². The molecule has 3 aromatic rings. The van der Waals surface area contributed by atoms with Gasteiger partial charge in [-0.2, -0.15) is 0 Å². The Morgan fingerprint density at radius 3 is 2.25 bits per heavy atom. The van der Waals surface area contributed by atoms with Gasteiger partial charge in [-0.1, -0.05) is 29.8 Å². The van der Waals surface area contributed by atoms with Crippen molar-refractivity contribution >= 4 is 17.0 Å². The van der Waals surface area contributed by atoms with Gasteiger partial charge in [0.15, 0.2) is 0 Å². The molecule has 0 unspecified atom stereocenters. The minimum Gasteiger partial charge on any atom is -0.497 e. The molecule has 4 rings (SSSR count). The number of aromatic nitrogens is 1. The van der Waals surface area contributed by atoms with Crippen LogP contribution >= 0.6 is 11.3 Å². The number of rotatable bonds is 4. The molecular weight excluding hydrogens is 368 g/mol. The second kappa shape index (κ2) is 8.20. The van der Waals surface area contributed by atoms with Gasteiger partial charge in [0.1, 0.15) is 5.75 Å². The predicted molar refractivity (Wildman–Crippen MR) is 116 cm³/mol. The number of ether oxygens (including phenoxy) is 1. The van der Waals surface area contributed by atoms with Crippen LogP contribution in [0.5, 0.6) is 5.75 Å². The van der Waals surface area contributed by atoms with E-state index in [9.17, 15) is 0 Å². The molecule has 2 aromatic carbocycles. The fourth-order valence-corrected chi connectivity index (χ4v) is 4.26. The van der Waals surface area contributed by atoms with E-state index in [-0.39, 0.29) is 0 Å². The number of hydrogen-bond donors (Lipinski definition) is 0. The van der Waals surface area contributed by atoms with Gasteiger partial charge in [0.05, 0.1) is 18.5 Å². The molecule has 1 aromatic heterocycles. The largest absolute Gasteiger partial charge is 0.497 e. The molecule has 28 heavy (non-hydrogen) atoms. The smallest absolute Gasteiger partial charge is 0.209 e. The first-order valence-corrected chi connectivity index (χ1v) is 10.4. The van der Waals surface area contributed by atoms with Gasteiger partial charge in [-0.3, -0.25) is 0 Å². The molecule has 0 amide bonds. The summed E-state index contributed by atoms with van der Waals surface area (Å²) in [6, 6.07) is 16.6. The van der Waals surface area contributed by atoms with Gasteiger partial charge in [0.25, 0.3) is 0 Å². The van der Waals surface area contributed by atoms with Gasteiger partial charge >= 0.3 is 0 Å². The molecule has 0 N–H and O–H groups in total. The molecule has 1 aliphatic rings. The third-order valence-corrected chi connectivity index (χ3v) is 5.91. The Hall–Kier alpha value is -2.57. The van der Waals surface area contributed by atoms with Crippen LogP contribution in [0.2, 0.25) is 0 Å². The van der Waals surface area contributed by atoms with Crippen LogP contribution in [0, 0.1) is 6.92 Å². The molecule has 0 radical (unpaired) electrons. The molecule has 2 heterocycles. The Labute approximate surface area is 170 Å². The summed E-state index contributed by atoms with van der Waals surface area (Å²) in [4.78, 5) is 8.31. The monoisotopic (exact) mass is 394 g/mol. The molecule has 1 saturated heterocycles. The summed E-state index contributed by atoms with van der Waals surface area (Å²) < 4.78 is 7.56. The number of hydrogen-bond acceptors (Lipinski definition) is 5. The zero-order chi connectivity index (χ0) is 19.5. The fraction of sp³-hybridized carbons (Fsp3) is 0.318. The molecule has 0 bridgehead atoms. The zero-order valence-corrected chi connectivity index (χ0v) is 17.4. The van der Waals surface area contributed by atoms with E-state index >= 15 is 0 Å². The summed E-state index contributed by atoms with van der Waals surface area (Å²) >= 11 is 1.68. The minimum atomic E-state index is 0.845. The van der Waals surface area contributed by atoms with Crippen LogP contribution in [-0.4, -0.2) is 49.9 Å². The second-order valence-corrected chi connectivity index (χ2v) is 7.98. The van der Waals surface area contributed by atoms with Gasteiger partial charge in [-0.05, 0) is 38.2 Å². The normalized spacial score (nSPS) is 15.8. The number of thiazole rings is 1. The van der Waals surface area contributed by atoms with Crippen LogP contribution in [-0.2, 0) is 0 Å². The summed E-state index contributed by atoms with van der Waals surface area (Å²) in [6.07, 6.45) is 0. The summed E-state index contributed by atoms with van der Waals surface area (Å²) in [7, 11) is 3.86. The summed E-state index contributed by atoms with van der Waals surface area (Å²) in [5.41, 5.74) is 4.62. The molecule has 0 spiro atoms. The Morgan fingerprint density at radius 2 is 1.61 bits per heavy atom. The molecule has 0 atom stereocenters. The number of methoxy groups -OCH3 is 1. The first-order valence-electron chi connectivity index (χ1n) is 9.54. The molecule has 5 nitrogen and oxygen atoms in total. The first-order chi connectivity index (χ1) is 13.6. The van der Waals surface area contributed by atoms with Crippen molar-refractivity contribution in [3.8, 4) is 17.0 Å². The van der Waals surface area contributed by atoms with Gasteiger partial charge in [0.2, 0.25) is 4.80 Å². The number of nitrogens with zero attached hydrogens (tertiary/aromatic N) is 4. The number of benzene rings is 2. The Balaban J connectivity index is 1.79. The molecule has 146 valence electrons. The SMILES string of the molecule is COc1ccc(N=c2scc(-c3ccc(C)cc3)n2N2CCN(C)CC2)cc1. The summed E-state index contributed by atoms with van der Waals surface area (Å²) in [5.74, 6) is 0.845. The van der Waals surface area contributed by atoms with Gasteiger partial charge < -0.3 is 14.6 Å². The maximum absolute atomic E-state index is 5.26. The van der Waals surface area contributed by atoms with E-state index in [0.717, 1.165) is 42.4 Å². The lowest BCUT2D eigenvalue weighted by atomic mass is 10.1. The number of piperazine rings is 1. The lowest BCUT2D eigenvalue weighted by Crippen LogP contribution is -2.52. The van der Waals surface area contributed by atoms with Crippen LogP contribution in [0.1, 0.15) is 5.56 Å². The maximum Gasteiger partial charge on any atom is 0.209 e. The lowest BCUT2D eigenvalue weighted by Gasteiger charge is -2.35. The van der Waals surface area contributed by atoms with Crippen LogP contribution in [0.15, 0.2) is 58.9 Å². The van der Waals surface area contributed by atoms with Crippen molar-refractivity contribution in [2.45, 2.75) is 6.92 Å². The third-order valence-electron chi connectivity index (χ3n) is 5.09. The molecular formula is C22H26N4OS. The predicted octanol–water partition coefficient (Wildman–Crippen LogP) is 3.65. The second-order valence-electron chi connectivity index (χ2n) is 7.15. The third kappa shape index (κ3) is 3.98. The van der Waals surface area contributed by atoms with Crippen molar-refractivity contribution in [3.05, 3.63) is 64.3 Å².